The molecule has 0 unspecified atom stereocenters. The van der Waals surface area contributed by atoms with Gasteiger partial charge < -0.3 is 4.52 Å². The average molecular weight is 577 g/mol. The molecule has 0 saturated carbocycles. The van der Waals surface area contributed by atoms with Crippen molar-refractivity contribution in [2.24, 2.45) is 0 Å². The smallest absolute Gasteiger partial charge is 0.0922 e. The Hall–Kier alpha value is -3.36. The van der Waals surface area contributed by atoms with E-state index >= 15 is 0 Å². The molecular formula is C35H34N2O2P2. The molecule has 6 rings (SSSR count). The topological polar surface area (TPSA) is 33.7 Å². The van der Waals surface area contributed by atoms with Crippen LogP contribution in [0.3, 0.4) is 0 Å². The molecule has 0 aliphatic carbocycles. The maximum absolute atomic E-state index is 7.01. The molecule has 0 amide bonds. The van der Waals surface area contributed by atoms with Gasteiger partial charge in [0, 0.05) is 16.7 Å². The first-order chi connectivity index (χ1) is 20.3. The van der Waals surface area contributed by atoms with Crippen molar-refractivity contribution in [1.82, 2.24) is 5.06 Å². The molecule has 6 heteroatoms. The van der Waals surface area contributed by atoms with Crippen LogP contribution in [0.15, 0.2) is 152 Å². The largest absolute Gasteiger partial charge is 0.345 e. The molecule has 0 bridgehead atoms. The highest BCUT2D eigenvalue weighted by Crippen LogP contribution is 2.42. The van der Waals surface area contributed by atoms with Crippen LogP contribution in [0.4, 0.5) is 5.69 Å². The number of rotatable bonds is 11. The van der Waals surface area contributed by atoms with E-state index in [1.54, 1.807) is 0 Å². The Labute approximate surface area is 245 Å². The number of hydroxylamine groups is 2. The van der Waals surface area contributed by atoms with E-state index in [1.807, 2.05) is 30.3 Å². The summed E-state index contributed by atoms with van der Waals surface area (Å²) in [6, 6.07) is 53.3. The second kappa shape index (κ2) is 14.0. The van der Waals surface area contributed by atoms with Crippen molar-refractivity contribution >= 4 is 43.0 Å². The molecule has 0 spiro atoms. The summed E-state index contributed by atoms with van der Waals surface area (Å²) in [4.78, 5) is 6.32. The molecule has 4 nitrogen and oxygen atoms in total. The molecule has 206 valence electrons. The van der Waals surface area contributed by atoms with Gasteiger partial charge in [-0.15, -0.1) is 0 Å². The Balaban J connectivity index is 1.27. The minimum atomic E-state index is -0.958. The van der Waals surface area contributed by atoms with Gasteiger partial charge in [0.2, 0.25) is 0 Å². The van der Waals surface area contributed by atoms with Crippen molar-refractivity contribution in [2.45, 2.75) is 18.6 Å². The van der Waals surface area contributed by atoms with Crippen molar-refractivity contribution < 1.29 is 9.46 Å². The fraction of sp³-hybridized carbons (Fsp3) is 0.143. The zero-order chi connectivity index (χ0) is 27.7. The highest BCUT2D eigenvalue weighted by Gasteiger charge is 2.38. The van der Waals surface area contributed by atoms with E-state index in [0.717, 1.165) is 18.3 Å². The highest BCUT2D eigenvalue weighted by atomic mass is 31.1. The number of anilines is 1. The lowest BCUT2D eigenvalue weighted by atomic mass is 10.2. The maximum atomic E-state index is 7.01. The van der Waals surface area contributed by atoms with Gasteiger partial charge in [-0.25, -0.2) is 5.48 Å². The van der Waals surface area contributed by atoms with Gasteiger partial charge in [0.1, 0.15) is 0 Å². The van der Waals surface area contributed by atoms with E-state index in [4.69, 9.17) is 9.46 Å². The van der Waals surface area contributed by atoms with E-state index in [1.165, 1.54) is 21.2 Å². The van der Waals surface area contributed by atoms with Crippen LogP contribution in [0.5, 0.6) is 0 Å². The second-order valence-corrected chi connectivity index (χ2v) is 14.1. The summed E-state index contributed by atoms with van der Waals surface area (Å²) in [6.07, 6.45) is 1.91. The molecule has 5 aromatic rings. The van der Waals surface area contributed by atoms with Crippen molar-refractivity contribution in [1.29, 1.82) is 0 Å². The summed E-state index contributed by atoms with van der Waals surface area (Å²) < 4.78 is 7.01. The molecule has 5 aromatic carbocycles. The number of para-hydroxylation sites is 1. The zero-order valence-electron chi connectivity index (χ0n) is 22.9. The normalized spacial score (nSPS) is 17.2. The van der Waals surface area contributed by atoms with Crippen LogP contribution in [0.1, 0.15) is 6.42 Å². The Bertz CT molecular complexity index is 1380. The van der Waals surface area contributed by atoms with Gasteiger partial charge in [-0.2, -0.15) is 10.0 Å². The molecular weight excluding hydrogens is 542 g/mol. The SMILES string of the molecule is c1ccc(NON2C[C@H](OP(c3ccccc3)c3ccccc3)C[C@@H]2CP(c2ccccc2)c2ccccc2)cc1. The van der Waals surface area contributed by atoms with Gasteiger partial charge in [-0.3, -0.25) is 0 Å². The van der Waals surface area contributed by atoms with Crippen LogP contribution in [0, 0.1) is 0 Å². The number of hydrogen-bond acceptors (Lipinski definition) is 4. The van der Waals surface area contributed by atoms with Crippen LogP contribution >= 0.6 is 16.1 Å². The molecule has 1 heterocycles. The molecule has 2 atom stereocenters. The van der Waals surface area contributed by atoms with E-state index in [9.17, 15) is 0 Å². The van der Waals surface area contributed by atoms with Crippen molar-refractivity contribution in [2.75, 3.05) is 18.2 Å². The van der Waals surface area contributed by atoms with Gasteiger partial charge in [0.05, 0.1) is 26.5 Å². The first-order valence-electron chi connectivity index (χ1n) is 14.0. The highest BCUT2D eigenvalue weighted by molar-refractivity contribution is 7.73. The van der Waals surface area contributed by atoms with Crippen molar-refractivity contribution in [3.63, 3.8) is 0 Å². The minimum Gasteiger partial charge on any atom is -0.345 e. The van der Waals surface area contributed by atoms with Crippen LogP contribution in [-0.4, -0.2) is 29.9 Å². The van der Waals surface area contributed by atoms with E-state index in [0.29, 0.717) is 6.54 Å². The average Bonchev–Trinajstić information content (AvgIpc) is 3.44. The fourth-order valence-corrected chi connectivity index (χ4v) is 9.56. The van der Waals surface area contributed by atoms with Gasteiger partial charge in [0.25, 0.3) is 0 Å². The van der Waals surface area contributed by atoms with E-state index in [-0.39, 0.29) is 12.1 Å². The fourth-order valence-electron chi connectivity index (χ4n) is 5.15. The summed E-state index contributed by atoms with van der Waals surface area (Å²) in [5.41, 5.74) is 4.12. The lowest BCUT2D eigenvalue weighted by Gasteiger charge is -2.28. The molecule has 41 heavy (non-hydrogen) atoms. The zero-order valence-corrected chi connectivity index (χ0v) is 24.7. The van der Waals surface area contributed by atoms with Crippen LogP contribution < -0.4 is 26.7 Å². The monoisotopic (exact) mass is 576 g/mol. The first kappa shape index (κ1) is 27.8. The lowest BCUT2D eigenvalue weighted by molar-refractivity contribution is -0.139. The van der Waals surface area contributed by atoms with Crippen LogP contribution in [0.25, 0.3) is 0 Å². The molecule has 1 N–H and O–H groups in total. The van der Waals surface area contributed by atoms with Crippen molar-refractivity contribution in [3.05, 3.63) is 152 Å². The Morgan fingerprint density at radius 2 is 1.02 bits per heavy atom. The number of nitrogens with zero attached hydrogens (tertiary/aromatic N) is 1. The van der Waals surface area contributed by atoms with Gasteiger partial charge in [0.15, 0.2) is 0 Å². The van der Waals surface area contributed by atoms with Gasteiger partial charge >= 0.3 is 0 Å². The van der Waals surface area contributed by atoms with E-state index in [2.05, 4.69) is 132 Å². The maximum Gasteiger partial charge on any atom is 0.0922 e. The predicted molar refractivity (Wildman–Crippen MR) is 174 cm³/mol. The van der Waals surface area contributed by atoms with E-state index < -0.39 is 16.1 Å². The van der Waals surface area contributed by atoms with Crippen LogP contribution in [-0.2, 0) is 9.46 Å². The first-order valence-corrected chi connectivity index (χ1v) is 16.8. The minimum absolute atomic E-state index is 0.0347. The second-order valence-electron chi connectivity index (χ2n) is 10.0. The third-order valence-corrected chi connectivity index (χ3v) is 11.8. The molecule has 1 saturated heterocycles. The molecule has 0 radical (unpaired) electrons. The summed E-state index contributed by atoms with van der Waals surface area (Å²) in [6.45, 7) is 0.690. The van der Waals surface area contributed by atoms with Gasteiger partial charge in [-0.05, 0) is 43.2 Å². The van der Waals surface area contributed by atoms with Gasteiger partial charge in [-0.1, -0.05) is 140 Å². The summed E-state index contributed by atoms with van der Waals surface area (Å²) in [5, 5.41) is 7.32. The lowest BCUT2D eigenvalue weighted by Crippen LogP contribution is -2.36. The molecule has 1 fully saturated rings. The standard InChI is InChI=1S/C35H34N2O2P2/c1-6-16-29(17-7-1)36-39-37-27-31(38-41(34-22-12-4-13-23-34)35-24-14-5-15-25-35)26-30(37)28-40(32-18-8-2-9-19-32)33-20-10-3-11-21-33/h1-25,30-31,36H,26-28H2/t30-,31-/m1/s1. The number of benzene rings is 5. The van der Waals surface area contributed by atoms with Crippen molar-refractivity contribution in [3.8, 4) is 0 Å². The number of hydrogen-bond donors (Lipinski definition) is 1. The Morgan fingerprint density at radius 3 is 1.51 bits per heavy atom. The third-order valence-electron chi connectivity index (χ3n) is 7.15. The van der Waals surface area contributed by atoms with Crippen LogP contribution in [0.2, 0.25) is 0 Å². The Morgan fingerprint density at radius 1 is 0.585 bits per heavy atom. The summed E-state index contributed by atoms with van der Waals surface area (Å²) >= 11 is 0. The summed E-state index contributed by atoms with van der Waals surface area (Å²) in [7, 11) is -1.54. The molecule has 1 aliphatic heterocycles. The third kappa shape index (κ3) is 7.29. The molecule has 0 aromatic heterocycles. The quantitative estimate of drug-likeness (QED) is 0.142. The number of nitrogens with one attached hydrogen (secondary N) is 1. The Kier molecular flexibility index (Phi) is 9.50. The summed E-state index contributed by atoms with van der Waals surface area (Å²) in [5.74, 6) is 0. The predicted octanol–water partition coefficient (Wildman–Crippen LogP) is 6.59. The molecule has 1 aliphatic rings.